The molecule has 0 aromatic heterocycles. The quantitative estimate of drug-likeness (QED) is 0.498. The Hall–Kier alpha value is 0.100. The molecule has 0 atom stereocenters. The van der Waals surface area contributed by atoms with E-state index in [-0.39, 0.29) is 0 Å². The molecule has 1 aliphatic rings. The predicted molar refractivity (Wildman–Crippen MR) is 34.5 cm³/mol. The second kappa shape index (κ2) is 3.19. The third kappa shape index (κ3) is 1.56. The molecule has 0 aliphatic heterocycles. The highest BCUT2D eigenvalue weighted by Gasteiger charge is 2.11. The average Bonchev–Trinajstić information content (AvgIpc) is 1.90. The fourth-order valence-corrected chi connectivity index (χ4v) is 1.76. The summed E-state index contributed by atoms with van der Waals surface area (Å²) in [7, 11) is 0.376. The van der Waals surface area contributed by atoms with E-state index in [1.165, 1.54) is 32.1 Å². The third-order valence-corrected chi connectivity index (χ3v) is 2.54. The lowest BCUT2D eigenvalue weighted by molar-refractivity contribution is 0.498. The van der Waals surface area contributed by atoms with Crippen LogP contribution in [0.4, 0.5) is 0 Å². The van der Waals surface area contributed by atoms with Crippen molar-refractivity contribution in [2.75, 3.05) is 0 Å². The highest BCUT2D eigenvalue weighted by molar-refractivity contribution is 7.24. The Labute approximate surface area is 51.7 Å². The summed E-state index contributed by atoms with van der Waals surface area (Å²) in [6, 6.07) is 0. The maximum atomic E-state index is 10.3. The largest absolute Gasteiger partial charge is 0.275 e. The summed E-state index contributed by atoms with van der Waals surface area (Å²) in [6.07, 6.45) is 6.31. The van der Waals surface area contributed by atoms with Crippen molar-refractivity contribution in [3.05, 3.63) is 0 Å². The van der Waals surface area contributed by atoms with Gasteiger partial charge in [-0.15, -0.1) is 0 Å². The molecule has 0 aromatic rings. The van der Waals surface area contributed by atoms with E-state index in [2.05, 4.69) is 0 Å². The Bertz CT molecular complexity index is 76.6. The van der Waals surface area contributed by atoms with E-state index >= 15 is 0 Å². The molecule has 1 aliphatic carbocycles. The topological polar surface area (TPSA) is 17.1 Å². The van der Waals surface area contributed by atoms with Gasteiger partial charge in [0.05, 0.1) is 0 Å². The smallest absolute Gasteiger partial charge is 0.158 e. The van der Waals surface area contributed by atoms with Crippen molar-refractivity contribution in [2.24, 2.45) is 0 Å². The van der Waals surface area contributed by atoms with Gasteiger partial charge in [0, 0.05) is 5.66 Å². The van der Waals surface area contributed by atoms with Gasteiger partial charge in [0.25, 0.3) is 0 Å². The van der Waals surface area contributed by atoms with Crippen molar-refractivity contribution >= 4 is 8.46 Å². The van der Waals surface area contributed by atoms with Gasteiger partial charge >= 0.3 is 0 Å². The second-order valence-corrected chi connectivity index (χ2v) is 3.34. The molecule has 0 N–H and O–H groups in total. The van der Waals surface area contributed by atoms with E-state index in [1.54, 1.807) is 0 Å². The molecule has 0 saturated heterocycles. The molecule has 8 heavy (non-hydrogen) atoms. The minimum absolute atomic E-state index is 0.376. The van der Waals surface area contributed by atoms with E-state index in [0.29, 0.717) is 14.1 Å². The van der Waals surface area contributed by atoms with Crippen LogP contribution in [0.2, 0.25) is 0 Å². The van der Waals surface area contributed by atoms with E-state index < -0.39 is 0 Å². The molecule has 2 heteroatoms. The molecule has 1 fully saturated rings. The molecule has 0 bridgehead atoms. The zero-order chi connectivity index (χ0) is 5.82. The summed E-state index contributed by atoms with van der Waals surface area (Å²) < 4.78 is 10.3. The first-order valence-corrected chi connectivity index (χ1v) is 4.14. The summed E-state index contributed by atoms with van der Waals surface area (Å²) >= 11 is 0. The van der Waals surface area contributed by atoms with E-state index in [1.807, 2.05) is 0 Å². The van der Waals surface area contributed by atoms with Crippen LogP contribution >= 0.6 is 8.46 Å². The number of hydrogen-bond acceptors (Lipinski definition) is 1. The van der Waals surface area contributed by atoms with Gasteiger partial charge in [-0.05, 0) is 12.8 Å². The van der Waals surface area contributed by atoms with Crippen LogP contribution in [0.15, 0.2) is 0 Å². The standard InChI is InChI=1S/C6H11OP/c7-8-6-4-2-1-3-5-6/h6H,1-5H2. The number of hydrogen-bond donors (Lipinski definition) is 0. The van der Waals surface area contributed by atoms with Crippen LogP contribution in [-0.4, -0.2) is 5.66 Å². The van der Waals surface area contributed by atoms with Crippen LogP contribution in [-0.2, 0) is 4.57 Å². The van der Waals surface area contributed by atoms with Gasteiger partial charge in [0.15, 0.2) is 8.46 Å². The molecule has 0 aromatic carbocycles. The van der Waals surface area contributed by atoms with Gasteiger partial charge < -0.3 is 0 Å². The Balaban J connectivity index is 2.22. The summed E-state index contributed by atoms with van der Waals surface area (Å²) in [5.74, 6) is 0. The fourth-order valence-electron chi connectivity index (χ4n) is 1.19. The third-order valence-electron chi connectivity index (χ3n) is 1.72. The Morgan fingerprint density at radius 3 is 2.12 bits per heavy atom. The molecular formula is C6H11OP. The molecule has 1 nitrogen and oxygen atoms in total. The predicted octanol–water partition coefficient (Wildman–Crippen LogP) is 2.61. The first kappa shape index (κ1) is 6.22. The maximum absolute atomic E-state index is 10.3. The summed E-state index contributed by atoms with van der Waals surface area (Å²) in [6.45, 7) is 0. The zero-order valence-electron chi connectivity index (χ0n) is 4.97. The summed E-state index contributed by atoms with van der Waals surface area (Å²) in [5, 5.41) is 0. The van der Waals surface area contributed by atoms with Crippen molar-refractivity contribution in [1.82, 2.24) is 0 Å². The lowest BCUT2D eigenvalue weighted by Gasteiger charge is -2.13. The maximum Gasteiger partial charge on any atom is 0.158 e. The van der Waals surface area contributed by atoms with Crippen LogP contribution in [0, 0.1) is 0 Å². The van der Waals surface area contributed by atoms with Crippen LogP contribution in [0.25, 0.3) is 0 Å². The van der Waals surface area contributed by atoms with Crippen molar-refractivity contribution in [2.45, 2.75) is 37.8 Å². The molecule has 0 spiro atoms. The van der Waals surface area contributed by atoms with E-state index in [0.717, 1.165) is 0 Å². The first-order valence-electron chi connectivity index (χ1n) is 3.26. The minimum Gasteiger partial charge on any atom is -0.275 e. The highest BCUT2D eigenvalue weighted by atomic mass is 31.1. The lowest BCUT2D eigenvalue weighted by Crippen LogP contribution is -2.03. The molecule has 0 unspecified atom stereocenters. The second-order valence-electron chi connectivity index (χ2n) is 2.40. The van der Waals surface area contributed by atoms with Gasteiger partial charge in [0.2, 0.25) is 0 Å². The van der Waals surface area contributed by atoms with Gasteiger partial charge in [-0.1, -0.05) is 19.3 Å². The van der Waals surface area contributed by atoms with Crippen molar-refractivity contribution in [3.63, 3.8) is 0 Å². The molecule has 0 radical (unpaired) electrons. The Morgan fingerprint density at radius 2 is 1.75 bits per heavy atom. The van der Waals surface area contributed by atoms with Gasteiger partial charge in [-0.2, -0.15) is 0 Å². The molecule has 0 heterocycles. The van der Waals surface area contributed by atoms with Crippen molar-refractivity contribution < 1.29 is 4.57 Å². The minimum atomic E-state index is 0.376. The normalized spacial score (nSPS) is 24.0. The average molecular weight is 130 g/mol. The van der Waals surface area contributed by atoms with Crippen LogP contribution < -0.4 is 0 Å². The van der Waals surface area contributed by atoms with Crippen molar-refractivity contribution in [3.8, 4) is 0 Å². The van der Waals surface area contributed by atoms with E-state index in [4.69, 9.17) is 0 Å². The summed E-state index contributed by atoms with van der Waals surface area (Å²) in [5.41, 5.74) is 0.503. The first-order chi connectivity index (χ1) is 3.93. The highest BCUT2D eigenvalue weighted by Crippen LogP contribution is 2.26. The van der Waals surface area contributed by atoms with Gasteiger partial charge in [0.1, 0.15) is 0 Å². The summed E-state index contributed by atoms with van der Waals surface area (Å²) in [4.78, 5) is 0. The number of rotatable bonds is 1. The monoisotopic (exact) mass is 130 g/mol. The molecular weight excluding hydrogens is 119 g/mol. The lowest BCUT2D eigenvalue weighted by atomic mass is 10.0. The SMILES string of the molecule is O=PC1CCCCC1. The van der Waals surface area contributed by atoms with Crippen molar-refractivity contribution in [1.29, 1.82) is 0 Å². The van der Waals surface area contributed by atoms with Crippen LogP contribution in [0.5, 0.6) is 0 Å². The van der Waals surface area contributed by atoms with Crippen LogP contribution in [0.1, 0.15) is 32.1 Å². The van der Waals surface area contributed by atoms with E-state index in [9.17, 15) is 4.57 Å². The van der Waals surface area contributed by atoms with Gasteiger partial charge in [-0.25, -0.2) is 0 Å². The molecule has 1 saturated carbocycles. The van der Waals surface area contributed by atoms with Gasteiger partial charge in [-0.3, -0.25) is 4.57 Å². The molecule has 0 amide bonds. The van der Waals surface area contributed by atoms with Crippen LogP contribution in [0.3, 0.4) is 0 Å². The fraction of sp³-hybridized carbons (Fsp3) is 1.00. The zero-order valence-corrected chi connectivity index (χ0v) is 5.86. The molecule has 1 rings (SSSR count). The Morgan fingerprint density at radius 1 is 1.12 bits per heavy atom. The Kier molecular flexibility index (Phi) is 2.48. The molecule has 46 valence electrons.